The summed E-state index contributed by atoms with van der Waals surface area (Å²) in [6.07, 6.45) is 7.28. The van der Waals surface area contributed by atoms with Gasteiger partial charge in [0, 0.05) is 44.7 Å². The summed E-state index contributed by atoms with van der Waals surface area (Å²) in [5.74, 6) is -0.853. The zero-order valence-corrected chi connectivity index (χ0v) is 25.8. The minimum absolute atomic E-state index is 0.0617. The first-order valence-corrected chi connectivity index (χ1v) is 15.2. The summed E-state index contributed by atoms with van der Waals surface area (Å²) in [6.45, 7) is 10.6. The van der Waals surface area contributed by atoms with Crippen LogP contribution in [0.15, 0.2) is 53.9 Å². The van der Waals surface area contributed by atoms with Gasteiger partial charge >= 0.3 is 12.1 Å². The molecule has 1 aromatic heterocycles. The normalized spacial score (nSPS) is 16.9. The summed E-state index contributed by atoms with van der Waals surface area (Å²) >= 11 is 0. The second-order valence-corrected chi connectivity index (χ2v) is 10.9. The molecule has 1 aromatic carbocycles. The lowest BCUT2D eigenvalue weighted by atomic mass is 9.88. The molecule has 0 spiro atoms. The number of hydrogen-bond acceptors (Lipinski definition) is 8. The van der Waals surface area contributed by atoms with Crippen molar-refractivity contribution in [1.82, 2.24) is 14.9 Å². The van der Waals surface area contributed by atoms with Crippen LogP contribution >= 0.6 is 0 Å². The van der Waals surface area contributed by atoms with Crippen molar-refractivity contribution >= 4 is 35.4 Å². The molecule has 1 aliphatic heterocycles. The van der Waals surface area contributed by atoms with Crippen LogP contribution in [0.3, 0.4) is 0 Å². The molecule has 12 heteroatoms. The van der Waals surface area contributed by atoms with E-state index < -0.39 is 23.7 Å². The first-order valence-electron chi connectivity index (χ1n) is 15.2. The van der Waals surface area contributed by atoms with E-state index in [1.807, 2.05) is 31.7 Å². The number of nitrogens with zero attached hydrogens (tertiary/aromatic N) is 5. The molecular formula is C32H41FN6O5. The van der Waals surface area contributed by atoms with E-state index in [-0.39, 0.29) is 36.4 Å². The Morgan fingerprint density at radius 2 is 1.77 bits per heavy atom. The molecular weight excluding hydrogens is 567 g/mol. The first-order chi connectivity index (χ1) is 21.1. The van der Waals surface area contributed by atoms with Crippen LogP contribution in [0.4, 0.5) is 26.6 Å². The molecule has 11 nitrogen and oxygen atoms in total. The highest BCUT2D eigenvalue weighted by Gasteiger charge is 2.29. The third kappa shape index (κ3) is 7.72. The van der Waals surface area contributed by atoms with Crippen molar-refractivity contribution in [3.63, 3.8) is 0 Å². The number of allylic oxidation sites excluding steroid dienone is 3. The van der Waals surface area contributed by atoms with Crippen molar-refractivity contribution in [3.05, 3.63) is 65.3 Å². The van der Waals surface area contributed by atoms with E-state index in [0.29, 0.717) is 50.0 Å². The fourth-order valence-corrected chi connectivity index (χ4v) is 5.39. The summed E-state index contributed by atoms with van der Waals surface area (Å²) in [6, 6.07) is 4.16. The maximum Gasteiger partial charge on any atom is 0.414 e. The van der Waals surface area contributed by atoms with E-state index in [1.54, 1.807) is 17.9 Å². The van der Waals surface area contributed by atoms with Crippen molar-refractivity contribution in [1.29, 1.82) is 0 Å². The highest BCUT2D eigenvalue weighted by Crippen LogP contribution is 2.32. The summed E-state index contributed by atoms with van der Waals surface area (Å²) in [5, 5.41) is 13.3. The van der Waals surface area contributed by atoms with E-state index in [1.165, 1.54) is 35.4 Å². The number of anilines is 3. The molecule has 2 heterocycles. The number of nitrogens with one attached hydrogen (secondary N) is 1. The van der Waals surface area contributed by atoms with Gasteiger partial charge in [0.15, 0.2) is 5.82 Å². The number of carbonyl (C=O) groups excluding carboxylic acids is 2. The van der Waals surface area contributed by atoms with E-state index in [2.05, 4.69) is 15.3 Å². The summed E-state index contributed by atoms with van der Waals surface area (Å²) in [4.78, 5) is 52.7. The molecule has 2 N–H and O–H groups in total. The van der Waals surface area contributed by atoms with Gasteiger partial charge in [0.1, 0.15) is 23.3 Å². The van der Waals surface area contributed by atoms with Gasteiger partial charge in [0.2, 0.25) is 5.95 Å². The topological polar surface area (TPSA) is 128 Å². The van der Waals surface area contributed by atoms with Gasteiger partial charge < -0.3 is 29.9 Å². The Morgan fingerprint density at radius 1 is 1.09 bits per heavy atom. The number of aliphatic carboxylic acids is 1. The summed E-state index contributed by atoms with van der Waals surface area (Å²) in [7, 11) is 0. The molecule has 1 aliphatic carbocycles. The van der Waals surface area contributed by atoms with Crippen molar-refractivity contribution in [3.8, 4) is 0 Å². The van der Waals surface area contributed by atoms with Crippen molar-refractivity contribution in [2.75, 3.05) is 47.8 Å². The Kier molecular flexibility index (Phi) is 10.9. The van der Waals surface area contributed by atoms with E-state index in [9.17, 15) is 23.9 Å². The second-order valence-electron chi connectivity index (χ2n) is 10.9. The smallest absolute Gasteiger partial charge is 0.414 e. The predicted molar refractivity (Wildman–Crippen MR) is 166 cm³/mol. The van der Waals surface area contributed by atoms with Gasteiger partial charge in [-0.1, -0.05) is 18.6 Å². The van der Waals surface area contributed by atoms with Crippen molar-refractivity contribution in [2.24, 2.45) is 5.92 Å². The number of rotatable bonds is 12. The van der Waals surface area contributed by atoms with Crippen LogP contribution in [0.2, 0.25) is 0 Å². The number of amides is 2. The number of hydrogen-bond donors (Lipinski definition) is 2. The molecule has 44 heavy (non-hydrogen) atoms. The van der Waals surface area contributed by atoms with Gasteiger partial charge in [-0.05, 0) is 76.3 Å². The molecule has 1 saturated heterocycles. The predicted octanol–water partition coefficient (Wildman–Crippen LogP) is 5.47. The number of halogens is 1. The van der Waals surface area contributed by atoms with Crippen LogP contribution in [0.25, 0.3) is 0 Å². The van der Waals surface area contributed by atoms with Gasteiger partial charge in [-0.2, -0.15) is 4.98 Å². The SMILES string of the molecule is CCN(CC)c1ncc(N(CC)C(=O)c2ccc(F)cc2)c(N[C@@H](CC2=CC=C(OC(=O)N3CCCC3)CC2C)C(=O)O)n1. The molecule has 2 atom stereocenters. The number of aromatic nitrogens is 2. The second kappa shape index (κ2) is 14.8. The van der Waals surface area contributed by atoms with Crippen LogP contribution in [0.5, 0.6) is 0 Å². The van der Waals surface area contributed by atoms with E-state index in [0.717, 1.165) is 18.4 Å². The molecule has 0 bridgehead atoms. The lowest BCUT2D eigenvalue weighted by Crippen LogP contribution is -2.36. The molecule has 0 saturated carbocycles. The van der Waals surface area contributed by atoms with Gasteiger partial charge in [-0.15, -0.1) is 0 Å². The molecule has 0 radical (unpaired) electrons. The summed E-state index contributed by atoms with van der Waals surface area (Å²) in [5.41, 5.74) is 1.46. The molecule has 236 valence electrons. The van der Waals surface area contributed by atoms with Crippen molar-refractivity contribution in [2.45, 2.75) is 59.4 Å². The molecule has 1 unspecified atom stereocenters. The van der Waals surface area contributed by atoms with Crippen LogP contribution in [0, 0.1) is 11.7 Å². The first kappa shape index (κ1) is 32.4. The molecule has 1 fully saturated rings. The fraction of sp³-hybridized carbons (Fsp3) is 0.469. The van der Waals surface area contributed by atoms with Crippen LogP contribution in [0.1, 0.15) is 63.7 Å². The van der Waals surface area contributed by atoms with Gasteiger partial charge in [0.25, 0.3) is 5.91 Å². The third-order valence-corrected chi connectivity index (χ3v) is 8.00. The number of carboxylic acid groups (broad SMARTS) is 1. The highest BCUT2D eigenvalue weighted by atomic mass is 19.1. The fourth-order valence-electron chi connectivity index (χ4n) is 5.39. The maximum atomic E-state index is 13.5. The monoisotopic (exact) mass is 608 g/mol. The number of carbonyl (C=O) groups is 3. The third-order valence-electron chi connectivity index (χ3n) is 8.00. The average molecular weight is 609 g/mol. The molecule has 2 aromatic rings. The number of likely N-dealkylation sites (tertiary alicyclic amines) is 1. The Labute approximate surface area is 257 Å². The Hall–Kier alpha value is -4.48. The van der Waals surface area contributed by atoms with Gasteiger partial charge in [0.05, 0.1) is 6.20 Å². The number of benzene rings is 1. The lowest BCUT2D eigenvalue weighted by Gasteiger charge is -2.28. The minimum Gasteiger partial charge on any atom is -0.480 e. The summed E-state index contributed by atoms with van der Waals surface area (Å²) < 4.78 is 19.2. The van der Waals surface area contributed by atoms with Crippen LogP contribution in [-0.4, -0.2) is 76.7 Å². The molecule has 2 aliphatic rings. The Bertz CT molecular complexity index is 1400. The van der Waals surface area contributed by atoms with Crippen LogP contribution < -0.4 is 15.1 Å². The highest BCUT2D eigenvalue weighted by molar-refractivity contribution is 6.07. The van der Waals surface area contributed by atoms with Crippen LogP contribution in [-0.2, 0) is 9.53 Å². The zero-order chi connectivity index (χ0) is 31.8. The van der Waals surface area contributed by atoms with Crippen molar-refractivity contribution < 1.29 is 28.6 Å². The average Bonchev–Trinajstić information content (AvgIpc) is 3.56. The standard InChI is InChI=1S/C32H41FN6O5/c1-5-37(6-2)31-34-20-27(39(7-3)29(40)22-10-13-24(33)14-11-22)28(36-31)35-26(30(41)42)19-23-12-15-25(18-21(23)4)44-32(43)38-16-8-9-17-38/h10-15,20-21,26H,5-9,16-19H2,1-4H3,(H,41,42)(H,34,35,36)/t21?,26-/m0/s1. The maximum absolute atomic E-state index is 13.5. The number of ether oxygens (including phenoxy) is 1. The quantitative estimate of drug-likeness (QED) is 0.323. The van der Waals surface area contributed by atoms with E-state index >= 15 is 0 Å². The zero-order valence-electron chi connectivity index (χ0n) is 25.8. The van der Waals surface area contributed by atoms with E-state index in [4.69, 9.17) is 4.74 Å². The minimum atomic E-state index is -1.09. The van der Waals surface area contributed by atoms with Gasteiger partial charge in [-0.25, -0.2) is 19.0 Å². The Balaban J connectivity index is 1.61. The lowest BCUT2D eigenvalue weighted by molar-refractivity contribution is -0.137. The number of carboxylic acids is 1. The Morgan fingerprint density at radius 3 is 2.36 bits per heavy atom. The molecule has 2 amide bonds. The largest absolute Gasteiger partial charge is 0.480 e. The molecule has 4 rings (SSSR count). The van der Waals surface area contributed by atoms with Gasteiger partial charge in [-0.3, -0.25) is 4.79 Å².